The standard InChI is InChI=1S/C15H13BrF3N3O3S/c1-2-25-12(23)5-8-7-26-14(21-8)22-20-6-9-10(15(17,18)19)3-4-11(16)13(9)24/h3-4,6-7,24H,2,5H2,1H3,(H,21,22). The van der Waals surface area contributed by atoms with Crippen molar-refractivity contribution in [3.8, 4) is 5.75 Å². The van der Waals surface area contributed by atoms with Gasteiger partial charge in [0.2, 0.25) is 5.13 Å². The highest BCUT2D eigenvalue weighted by atomic mass is 79.9. The highest BCUT2D eigenvalue weighted by molar-refractivity contribution is 9.10. The third-order valence-electron chi connectivity index (χ3n) is 3.01. The molecule has 0 unspecified atom stereocenters. The maximum atomic E-state index is 13.0. The number of nitrogens with zero attached hydrogens (tertiary/aromatic N) is 2. The van der Waals surface area contributed by atoms with Crippen molar-refractivity contribution in [3.05, 3.63) is 38.8 Å². The number of thiazole rings is 1. The van der Waals surface area contributed by atoms with Gasteiger partial charge in [0.1, 0.15) is 5.75 Å². The van der Waals surface area contributed by atoms with Crippen molar-refractivity contribution in [1.29, 1.82) is 0 Å². The molecular weight excluding hydrogens is 439 g/mol. The predicted molar refractivity (Wildman–Crippen MR) is 94.5 cm³/mol. The molecule has 0 fully saturated rings. The molecule has 1 heterocycles. The number of anilines is 1. The van der Waals surface area contributed by atoms with Crippen LogP contribution in [0.2, 0.25) is 0 Å². The van der Waals surface area contributed by atoms with E-state index in [2.05, 4.69) is 31.4 Å². The first-order valence-corrected chi connectivity index (χ1v) is 8.87. The van der Waals surface area contributed by atoms with Crippen molar-refractivity contribution >= 4 is 44.6 Å². The number of hydrogen-bond donors (Lipinski definition) is 2. The number of aromatic nitrogens is 1. The second-order valence-corrected chi connectivity index (χ2v) is 6.56. The Kier molecular flexibility index (Phi) is 6.59. The fourth-order valence-corrected chi connectivity index (χ4v) is 2.92. The number of hydrogen-bond acceptors (Lipinski definition) is 7. The van der Waals surface area contributed by atoms with E-state index in [0.717, 1.165) is 29.7 Å². The summed E-state index contributed by atoms with van der Waals surface area (Å²) >= 11 is 4.09. The van der Waals surface area contributed by atoms with E-state index in [0.29, 0.717) is 5.69 Å². The lowest BCUT2D eigenvalue weighted by Gasteiger charge is -2.12. The zero-order chi connectivity index (χ0) is 19.3. The molecule has 0 bridgehead atoms. The fourth-order valence-electron chi connectivity index (χ4n) is 1.91. The Morgan fingerprint density at radius 3 is 2.88 bits per heavy atom. The average Bonchev–Trinajstić information content (AvgIpc) is 2.97. The van der Waals surface area contributed by atoms with E-state index in [1.54, 1.807) is 12.3 Å². The number of rotatable bonds is 6. The van der Waals surface area contributed by atoms with Crippen LogP contribution in [-0.2, 0) is 22.1 Å². The molecule has 0 spiro atoms. The van der Waals surface area contributed by atoms with E-state index in [1.165, 1.54) is 0 Å². The molecule has 26 heavy (non-hydrogen) atoms. The number of esters is 1. The molecule has 0 aliphatic carbocycles. The number of halogens is 4. The first-order valence-electron chi connectivity index (χ1n) is 7.20. The first kappa shape index (κ1) is 20.2. The molecule has 1 aromatic heterocycles. The van der Waals surface area contributed by atoms with Gasteiger partial charge in [0.15, 0.2) is 0 Å². The van der Waals surface area contributed by atoms with Crippen molar-refractivity contribution in [1.82, 2.24) is 4.98 Å². The van der Waals surface area contributed by atoms with Gasteiger partial charge in [0.25, 0.3) is 0 Å². The van der Waals surface area contributed by atoms with Gasteiger partial charge in [0, 0.05) is 10.9 Å². The van der Waals surface area contributed by atoms with Gasteiger partial charge in [-0.2, -0.15) is 18.3 Å². The van der Waals surface area contributed by atoms with Crippen LogP contribution in [0, 0.1) is 0 Å². The van der Waals surface area contributed by atoms with Crippen LogP contribution >= 0.6 is 27.3 Å². The van der Waals surface area contributed by atoms with Gasteiger partial charge in [-0.3, -0.25) is 10.2 Å². The molecule has 6 nitrogen and oxygen atoms in total. The van der Waals surface area contributed by atoms with Crippen molar-refractivity contribution in [3.63, 3.8) is 0 Å². The number of alkyl halides is 3. The van der Waals surface area contributed by atoms with Gasteiger partial charge >= 0.3 is 12.1 Å². The second kappa shape index (κ2) is 8.49. The number of carbonyl (C=O) groups is 1. The lowest BCUT2D eigenvalue weighted by molar-refractivity contribution is -0.142. The summed E-state index contributed by atoms with van der Waals surface area (Å²) in [6.07, 6.45) is -3.80. The molecular formula is C15H13BrF3N3O3S. The highest BCUT2D eigenvalue weighted by Gasteiger charge is 2.34. The lowest BCUT2D eigenvalue weighted by Crippen LogP contribution is -2.09. The molecule has 0 amide bonds. The van der Waals surface area contributed by atoms with Crippen molar-refractivity contribution in [2.75, 3.05) is 12.0 Å². The molecule has 2 rings (SSSR count). The fraction of sp³-hybridized carbons (Fsp3) is 0.267. The van der Waals surface area contributed by atoms with Gasteiger partial charge in [-0.1, -0.05) is 0 Å². The number of phenolic OH excluding ortho intramolecular Hbond substituents is 1. The molecule has 140 valence electrons. The van der Waals surface area contributed by atoms with E-state index in [9.17, 15) is 23.1 Å². The van der Waals surface area contributed by atoms with Crippen LogP contribution in [0.15, 0.2) is 27.1 Å². The molecule has 0 saturated carbocycles. The maximum absolute atomic E-state index is 13.0. The van der Waals surface area contributed by atoms with Crippen LogP contribution in [0.4, 0.5) is 18.3 Å². The summed E-state index contributed by atoms with van der Waals surface area (Å²) in [7, 11) is 0. The largest absolute Gasteiger partial charge is 0.506 e. The minimum atomic E-state index is -4.65. The summed E-state index contributed by atoms with van der Waals surface area (Å²) in [5.41, 5.74) is 1.42. The summed E-state index contributed by atoms with van der Waals surface area (Å²) in [5.74, 6) is -1.01. The SMILES string of the molecule is CCOC(=O)Cc1csc(NN=Cc2c(C(F)(F)F)ccc(Br)c2O)n1. The van der Waals surface area contributed by atoms with Gasteiger partial charge in [0.05, 0.1) is 35.0 Å². The number of carbonyl (C=O) groups excluding carboxylic acids is 1. The molecule has 0 atom stereocenters. The number of phenols is 1. The second-order valence-electron chi connectivity index (χ2n) is 4.85. The minimum Gasteiger partial charge on any atom is -0.506 e. The van der Waals surface area contributed by atoms with E-state index < -0.39 is 29.0 Å². The van der Waals surface area contributed by atoms with E-state index in [4.69, 9.17) is 4.74 Å². The molecule has 0 aliphatic rings. The first-order chi connectivity index (χ1) is 12.2. The summed E-state index contributed by atoms with van der Waals surface area (Å²) in [5, 5.41) is 15.4. The van der Waals surface area contributed by atoms with E-state index in [1.807, 2.05) is 0 Å². The molecule has 2 N–H and O–H groups in total. The normalized spacial score (nSPS) is 11.7. The predicted octanol–water partition coefficient (Wildman–Crippen LogP) is 4.18. The Balaban J connectivity index is 2.13. The zero-order valence-corrected chi connectivity index (χ0v) is 15.7. The monoisotopic (exact) mass is 451 g/mol. The summed E-state index contributed by atoms with van der Waals surface area (Å²) in [4.78, 5) is 15.4. The Labute approximate surface area is 158 Å². The smallest absolute Gasteiger partial charge is 0.417 e. The summed E-state index contributed by atoms with van der Waals surface area (Å²) < 4.78 is 44.0. The Morgan fingerprint density at radius 1 is 1.50 bits per heavy atom. The third kappa shape index (κ3) is 5.18. The Morgan fingerprint density at radius 2 is 2.23 bits per heavy atom. The van der Waals surface area contributed by atoms with Crippen LogP contribution in [0.1, 0.15) is 23.7 Å². The van der Waals surface area contributed by atoms with Gasteiger partial charge in [-0.15, -0.1) is 11.3 Å². The number of nitrogens with one attached hydrogen (secondary N) is 1. The minimum absolute atomic E-state index is 0.0135. The number of benzene rings is 1. The summed E-state index contributed by atoms with van der Waals surface area (Å²) in [6.45, 7) is 1.95. The molecule has 0 aliphatic heterocycles. The molecule has 11 heteroatoms. The van der Waals surface area contributed by atoms with Crippen LogP contribution in [0.25, 0.3) is 0 Å². The molecule has 1 aromatic carbocycles. The van der Waals surface area contributed by atoms with Crippen LogP contribution < -0.4 is 5.43 Å². The van der Waals surface area contributed by atoms with E-state index >= 15 is 0 Å². The van der Waals surface area contributed by atoms with Crippen molar-refractivity contribution in [2.45, 2.75) is 19.5 Å². The Bertz CT molecular complexity index is 824. The zero-order valence-electron chi connectivity index (χ0n) is 13.3. The quantitative estimate of drug-likeness (QED) is 0.391. The third-order valence-corrected chi connectivity index (χ3v) is 4.45. The van der Waals surface area contributed by atoms with Gasteiger partial charge < -0.3 is 9.84 Å². The molecule has 0 saturated heterocycles. The Hall–Kier alpha value is -2.14. The topological polar surface area (TPSA) is 83.8 Å². The molecule has 2 aromatic rings. The number of aromatic hydroxyl groups is 1. The average molecular weight is 452 g/mol. The van der Waals surface area contributed by atoms with E-state index in [-0.39, 0.29) is 22.6 Å². The van der Waals surface area contributed by atoms with Crippen LogP contribution in [0.3, 0.4) is 0 Å². The van der Waals surface area contributed by atoms with Gasteiger partial charge in [-0.25, -0.2) is 4.98 Å². The number of hydrazone groups is 1. The van der Waals surface area contributed by atoms with Gasteiger partial charge in [-0.05, 0) is 35.0 Å². The highest BCUT2D eigenvalue weighted by Crippen LogP contribution is 2.38. The number of ether oxygens (including phenoxy) is 1. The van der Waals surface area contributed by atoms with Crippen LogP contribution in [-0.4, -0.2) is 28.9 Å². The maximum Gasteiger partial charge on any atom is 0.417 e. The summed E-state index contributed by atoms with van der Waals surface area (Å²) in [6, 6.07) is 1.94. The van der Waals surface area contributed by atoms with Crippen molar-refractivity contribution in [2.24, 2.45) is 5.10 Å². The van der Waals surface area contributed by atoms with Crippen molar-refractivity contribution < 1.29 is 27.8 Å². The molecule has 0 radical (unpaired) electrons. The lowest BCUT2D eigenvalue weighted by atomic mass is 10.1. The van der Waals surface area contributed by atoms with Crippen LogP contribution in [0.5, 0.6) is 5.75 Å².